The molecular formula is C17H19N3S. The van der Waals surface area contributed by atoms with Crippen molar-refractivity contribution in [2.75, 3.05) is 5.73 Å². The summed E-state index contributed by atoms with van der Waals surface area (Å²) in [5.74, 6) is 0.761. The van der Waals surface area contributed by atoms with Crippen molar-refractivity contribution < 1.29 is 0 Å². The standard InChI is InChI=1S/C17H19N3S/c1-4-13-7-5-6-8-14(13)20-15(9-10-16(20)18)17-11(2)19-12(3)21-17/h5-10H,4,18H2,1-3H3. The number of nitrogens with two attached hydrogens (primary N) is 1. The summed E-state index contributed by atoms with van der Waals surface area (Å²) in [6, 6.07) is 12.5. The molecule has 0 radical (unpaired) electrons. The molecule has 0 saturated carbocycles. The van der Waals surface area contributed by atoms with Crippen LogP contribution in [0.2, 0.25) is 0 Å². The third-order valence-electron chi connectivity index (χ3n) is 3.66. The number of aromatic nitrogens is 2. The summed E-state index contributed by atoms with van der Waals surface area (Å²) < 4.78 is 2.14. The molecular weight excluding hydrogens is 278 g/mol. The molecule has 108 valence electrons. The Hall–Kier alpha value is -2.07. The zero-order valence-electron chi connectivity index (χ0n) is 12.6. The van der Waals surface area contributed by atoms with Crippen LogP contribution in [0, 0.1) is 13.8 Å². The van der Waals surface area contributed by atoms with Crippen LogP contribution in [0.5, 0.6) is 0 Å². The maximum absolute atomic E-state index is 6.24. The van der Waals surface area contributed by atoms with Crippen LogP contribution < -0.4 is 5.73 Å². The van der Waals surface area contributed by atoms with Crippen LogP contribution in [-0.4, -0.2) is 9.55 Å². The van der Waals surface area contributed by atoms with Gasteiger partial charge in [-0.15, -0.1) is 11.3 Å². The predicted molar refractivity (Wildman–Crippen MR) is 90.1 cm³/mol. The van der Waals surface area contributed by atoms with Crippen LogP contribution in [0.15, 0.2) is 36.4 Å². The van der Waals surface area contributed by atoms with E-state index in [1.54, 1.807) is 11.3 Å². The minimum atomic E-state index is 0.761. The SMILES string of the molecule is CCc1ccccc1-n1c(N)ccc1-c1sc(C)nc1C. The number of rotatable bonds is 3. The first kappa shape index (κ1) is 13.9. The number of aryl methyl sites for hydroxylation is 3. The summed E-state index contributed by atoms with van der Waals surface area (Å²) in [5.41, 5.74) is 10.9. The molecule has 0 spiro atoms. The smallest absolute Gasteiger partial charge is 0.108 e. The van der Waals surface area contributed by atoms with Gasteiger partial charge in [0.05, 0.1) is 27.0 Å². The van der Waals surface area contributed by atoms with E-state index >= 15 is 0 Å². The van der Waals surface area contributed by atoms with Crippen molar-refractivity contribution in [3.8, 4) is 16.3 Å². The average molecular weight is 297 g/mol. The number of hydrogen-bond donors (Lipinski definition) is 1. The van der Waals surface area contributed by atoms with E-state index in [1.807, 2.05) is 13.0 Å². The number of anilines is 1. The lowest BCUT2D eigenvalue weighted by molar-refractivity contribution is 1.03. The van der Waals surface area contributed by atoms with Crippen molar-refractivity contribution in [2.45, 2.75) is 27.2 Å². The Labute approximate surface area is 129 Å². The maximum Gasteiger partial charge on any atom is 0.108 e. The number of para-hydroxylation sites is 1. The van der Waals surface area contributed by atoms with E-state index in [1.165, 1.54) is 10.4 Å². The van der Waals surface area contributed by atoms with Crippen LogP contribution in [0.25, 0.3) is 16.3 Å². The van der Waals surface area contributed by atoms with Crippen molar-refractivity contribution in [1.82, 2.24) is 9.55 Å². The quantitative estimate of drug-likeness (QED) is 0.780. The molecule has 4 heteroatoms. The fourth-order valence-corrected chi connectivity index (χ4v) is 3.63. The molecule has 21 heavy (non-hydrogen) atoms. The van der Waals surface area contributed by atoms with Gasteiger partial charge in [-0.3, -0.25) is 4.57 Å². The number of thiazole rings is 1. The third-order valence-corrected chi connectivity index (χ3v) is 4.76. The number of nitrogens with zero attached hydrogens (tertiary/aromatic N) is 2. The Morgan fingerprint density at radius 1 is 1.14 bits per heavy atom. The van der Waals surface area contributed by atoms with Crippen molar-refractivity contribution >= 4 is 17.2 Å². The van der Waals surface area contributed by atoms with Gasteiger partial charge in [0.1, 0.15) is 5.82 Å². The lowest BCUT2D eigenvalue weighted by atomic mass is 10.1. The topological polar surface area (TPSA) is 43.8 Å². The molecule has 3 aromatic rings. The molecule has 1 aromatic carbocycles. The highest BCUT2D eigenvalue weighted by molar-refractivity contribution is 7.15. The van der Waals surface area contributed by atoms with E-state index in [2.05, 4.69) is 53.7 Å². The Morgan fingerprint density at radius 3 is 2.57 bits per heavy atom. The highest BCUT2D eigenvalue weighted by Gasteiger charge is 2.16. The second-order valence-corrected chi connectivity index (χ2v) is 6.31. The number of hydrogen-bond acceptors (Lipinski definition) is 3. The van der Waals surface area contributed by atoms with E-state index in [-0.39, 0.29) is 0 Å². The van der Waals surface area contributed by atoms with E-state index < -0.39 is 0 Å². The molecule has 0 fully saturated rings. The largest absolute Gasteiger partial charge is 0.385 e. The molecule has 0 saturated heterocycles. The molecule has 0 bridgehead atoms. The first-order chi connectivity index (χ1) is 10.1. The lowest BCUT2D eigenvalue weighted by Gasteiger charge is -2.14. The lowest BCUT2D eigenvalue weighted by Crippen LogP contribution is -2.04. The molecule has 2 N–H and O–H groups in total. The highest BCUT2D eigenvalue weighted by Crippen LogP contribution is 2.35. The second kappa shape index (κ2) is 5.37. The van der Waals surface area contributed by atoms with Gasteiger partial charge >= 0.3 is 0 Å². The van der Waals surface area contributed by atoms with E-state index in [0.717, 1.165) is 34.3 Å². The Balaban J connectivity index is 2.25. The van der Waals surface area contributed by atoms with Gasteiger partial charge in [-0.2, -0.15) is 0 Å². The first-order valence-corrected chi connectivity index (χ1v) is 7.93. The van der Waals surface area contributed by atoms with Crippen LogP contribution in [-0.2, 0) is 6.42 Å². The van der Waals surface area contributed by atoms with Gasteiger partial charge in [-0.05, 0) is 44.0 Å². The van der Waals surface area contributed by atoms with Crippen molar-refractivity contribution in [1.29, 1.82) is 0 Å². The molecule has 0 aliphatic heterocycles. The number of nitrogen functional groups attached to an aromatic ring is 1. The summed E-state index contributed by atoms with van der Waals surface area (Å²) in [7, 11) is 0. The Morgan fingerprint density at radius 2 is 1.90 bits per heavy atom. The number of benzene rings is 1. The maximum atomic E-state index is 6.24. The molecule has 0 aliphatic carbocycles. The molecule has 0 unspecified atom stereocenters. The van der Waals surface area contributed by atoms with E-state index in [4.69, 9.17) is 5.73 Å². The zero-order chi connectivity index (χ0) is 15.0. The molecule has 3 nitrogen and oxygen atoms in total. The van der Waals surface area contributed by atoms with Gasteiger partial charge in [0.25, 0.3) is 0 Å². The molecule has 2 aromatic heterocycles. The normalized spacial score (nSPS) is 11.0. The first-order valence-electron chi connectivity index (χ1n) is 7.11. The second-order valence-electron chi connectivity index (χ2n) is 5.11. The molecule has 0 aliphatic rings. The average Bonchev–Trinajstić information content (AvgIpc) is 3.01. The fraction of sp³-hybridized carbons (Fsp3) is 0.235. The van der Waals surface area contributed by atoms with Crippen LogP contribution in [0.3, 0.4) is 0 Å². The van der Waals surface area contributed by atoms with Gasteiger partial charge in [0.15, 0.2) is 0 Å². The van der Waals surface area contributed by atoms with Gasteiger partial charge in [0.2, 0.25) is 0 Å². The minimum Gasteiger partial charge on any atom is -0.385 e. The van der Waals surface area contributed by atoms with Crippen molar-refractivity contribution in [3.05, 3.63) is 52.7 Å². The summed E-state index contributed by atoms with van der Waals surface area (Å²) in [6.45, 7) is 6.26. The van der Waals surface area contributed by atoms with E-state index in [9.17, 15) is 0 Å². The Kier molecular flexibility index (Phi) is 3.55. The summed E-state index contributed by atoms with van der Waals surface area (Å²) in [4.78, 5) is 5.73. The van der Waals surface area contributed by atoms with Crippen LogP contribution in [0.1, 0.15) is 23.2 Å². The third kappa shape index (κ3) is 2.36. The monoisotopic (exact) mass is 297 g/mol. The Bertz CT molecular complexity index is 783. The van der Waals surface area contributed by atoms with Gasteiger partial charge in [0, 0.05) is 0 Å². The minimum absolute atomic E-state index is 0.761. The summed E-state index contributed by atoms with van der Waals surface area (Å²) in [6.07, 6.45) is 0.980. The summed E-state index contributed by atoms with van der Waals surface area (Å²) >= 11 is 1.72. The van der Waals surface area contributed by atoms with Gasteiger partial charge in [-0.1, -0.05) is 25.1 Å². The summed E-state index contributed by atoms with van der Waals surface area (Å²) in [5, 5.41) is 1.08. The van der Waals surface area contributed by atoms with Crippen molar-refractivity contribution in [2.24, 2.45) is 0 Å². The van der Waals surface area contributed by atoms with Gasteiger partial charge < -0.3 is 5.73 Å². The van der Waals surface area contributed by atoms with Crippen LogP contribution in [0.4, 0.5) is 5.82 Å². The highest BCUT2D eigenvalue weighted by atomic mass is 32.1. The molecule has 0 atom stereocenters. The molecule has 2 heterocycles. The van der Waals surface area contributed by atoms with Gasteiger partial charge in [-0.25, -0.2) is 4.98 Å². The molecule has 3 rings (SSSR count). The van der Waals surface area contributed by atoms with E-state index in [0.29, 0.717) is 0 Å². The van der Waals surface area contributed by atoms with Crippen LogP contribution >= 0.6 is 11.3 Å². The fourth-order valence-electron chi connectivity index (χ4n) is 2.70. The zero-order valence-corrected chi connectivity index (χ0v) is 13.4. The molecule has 0 amide bonds. The van der Waals surface area contributed by atoms with Crippen molar-refractivity contribution in [3.63, 3.8) is 0 Å². The predicted octanol–water partition coefficient (Wildman–Crippen LogP) is 4.36.